The molecule has 0 aromatic carbocycles. The fourth-order valence-electron chi connectivity index (χ4n) is 2.14. The summed E-state index contributed by atoms with van der Waals surface area (Å²) in [6.07, 6.45) is -13.6. The van der Waals surface area contributed by atoms with Gasteiger partial charge in [-0.15, -0.1) is 0 Å². The second kappa shape index (κ2) is 6.07. The van der Waals surface area contributed by atoms with Gasteiger partial charge >= 0.3 is 12.4 Å². The second-order valence-electron chi connectivity index (χ2n) is 4.89. The molecule has 2 N–H and O–H groups in total. The summed E-state index contributed by atoms with van der Waals surface area (Å²) in [7, 11) is 0. The average molecular weight is 309 g/mol. The third kappa shape index (κ3) is 4.23. The molecule has 1 atom stereocenters. The first-order chi connectivity index (χ1) is 9.07. The number of aliphatic hydroxyl groups excluding tert-OH is 1. The van der Waals surface area contributed by atoms with Crippen LogP contribution in [0.2, 0.25) is 0 Å². The third-order valence-corrected chi connectivity index (χ3v) is 3.27. The summed E-state index contributed by atoms with van der Waals surface area (Å²) in [5, 5.41) is 12.1. The molecule has 3 nitrogen and oxygen atoms in total. The lowest BCUT2D eigenvalue weighted by atomic mass is 9.95. The van der Waals surface area contributed by atoms with Crippen LogP contribution in [0.1, 0.15) is 19.8 Å². The summed E-state index contributed by atoms with van der Waals surface area (Å²) in [6.45, 7) is 0.542. The Balaban J connectivity index is 2.78. The summed E-state index contributed by atoms with van der Waals surface area (Å²) < 4.78 is 78.3. The Kier molecular flexibility index (Phi) is 5.31. The lowest BCUT2D eigenvalue weighted by Gasteiger charge is -2.35. The third-order valence-electron chi connectivity index (χ3n) is 3.27. The molecule has 1 aliphatic rings. The fourth-order valence-corrected chi connectivity index (χ4v) is 2.14. The van der Waals surface area contributed by atoms with E-state index in [2.05, 4.69) is 10.1 Å². The fraction of sp³-hybridized carbons (Fsp3) is 1.00. The van der Waals surface area contributed by atoms with Gasteiger partial charge in [-0.1, -0.05) is 6.92 Å². The Bertz CT molecular complexity index is 301. The Hall–Kier alpha value is -0.540. The van der Waals surface area contributed by atoms with Crippen LogP contribution in [-0.4, -0.2) is 48.9 Å². The topological polar surface area (TPSA) is 41.5 Å². The van der Waals surface area contributed by atoms with Crippen molar-refractivity contribution in [1.29, 1.82) is 0 Å². The van der Waals surface area contributed by atoms with Crippen LogP contribution in [0.15, 0.2) is 0 Å². The van der Waals surface area contributed by atoms with Gasteiger partial charge in [0.15, 0.2) is 0 Å². The highest BCUT2D eigenvalue weighted by Gasteiger charge is 2.59. The van der Waals surface area contributed by atoms with Crippen LogP contribution >= 0.6 is 0 Å². The molecule has 0 aromatic rings. The van der Waals surface area contributed by atoms with E-state index in [-0.39, 0.29) is 5.92 Å². The van der Waals surface area contributed by atoms with E-state index in [0.717, 1.165) is 0 Å². The molecule has 9 heteroatoms. The van der Waals surface area contributed by atoms with Crippen molar-refractivity contribution in [1.82, 2.24) is 5.32 Å². The maximum Gasteiger partial charge on any atom is 0.423 e. The summed E-state index contributed by atoms with van der Waals surface area (Å²) in [5.41, 5.74) is -1.25. The van der Waals surface area contributed by atoms with Crippen LogP contribution in [-0.2, 0) is 4.74 Å². The first kappa shape index (κ1) is 17.5. The molecule has 20 heavy (non-hydrogen) atoms. The van der Waals surface area contributed by atoms with E-state index in [0.29, 0.717) is 19.4 Å². The smallest absolute Gasteiger partial charge is 0.394 e. The Morgan fingerprint density at radius 1 is 1.15 bits per heavy atom. The van der Waals surface area contributed by atoms with Crippen LogP contribution in [0.5, 0.6) is 0 Å². The lowest BCUT2D eigenvalue weighted by molar-refractivity contribution is -0.325. The van der Waals surface area contributed by atoms with Gasteiger partial charge in [0.05, 0.1) is 18.8 Å². The summed E-state index contributed by atoms with van der Waals surface area (Å²) in [5.74, 6) is -0.172. The number of likely N-dealkylation sites (N-methyl/N-ethyl adjacent to an activating group) is 1. The van der Waals surface area contributed by atoms with E-state index in [1.807, 2.05) is 0 Å². The van der Waals surface area contributed by atoms with Gasteiger partial charge in [0.1, 0.15) is 0 Å². The van der Waals surface area contributed by atoms with Crippen LogP contribution in [0, 0.1) is 5.92 Å². The Labute approximate surface area is 112 Å². The van der Waals surface area contributed by atoms with E-state index < -0.39 is 37.2 Å². The average Bonchev–Trinajstić information content (AvgIpc) is 3.08. The summed E-state index contributed by atoms with van der Waals surface area (Å²) in [6, 6.07) is 0. The van der Waals surface area contributed by atoms with Gasteiger partial charge in [-0.05, 0) is 25.3 Å². The van der Waals surface area contributed by atoms with Gasteiger partial charge in [0.2, 0.25) is 6.10 Å². The van der Waals surface area contributed by atoms with E-state index >= 15 is 0 Å². The number of nitrogens with one attached hydrogen (secondary N) is 1. The van der Waals surface area contributed by atoms with Gasteiger partial charge in [-0.3, -0.25) is 0 Å². The molecule has 1 saturated carbocycles. The van der Waals surface area contributed by atoms with Crippen molar-refractivity contribution in [3.8, 4) is 0 Å². The van der Waals surface area contributed by atoms with Crippen molar-refractivity contribution in [2.75, 3.05) is 19.8 Å². The molecule has 0 radical (unpaired) electrons. The highest BCUT2D eigenvalue weighted by atomic mass is 19.4. The standard InChI is InChI=1S/C11H17F6NO2/c1-2-18-9(5-19,7-3-4-7)6-20-8(10(12,13)14)11(15,16)17/h7-8,18-19H,2-6H2,1H3. The quantitative estimate of drug-likeness (QED) is 0.709. The minimum absolute atomic E-state index is 0.172. The van der Waals surface area contributed by atoms with Gasteiger partial charge < -0.3 is 15.2 Å². The molecule has 0 spiro atoms. The van der Waals surface area contributed by atoms with Gasteiger partial charge in [-0.2, -0.15) is 26.3 Å². The van der Waals surface area contributed by atoms with E-state index in [9.17, 15) is 31.4 Å². The molecule has 0 saturated heterocycles. The molecule has 1 unspecified atom stereocenters. The SMILES string of the molecule is CCNC(CO)(COC(C(F)(F)F)C(F)(F)F)C1CC1. The van der Waals surface area contributed by atoms with Crippen LogP contribution in [0.3, 0.4) is 0 Å². The minimum atomic E-state index is -5.53. The zero-order chi connectivity index (χ0) is 15.6. The van der Waals surface area contributed by atoms with Crippen molar-refractivity contribution in [3.63, 3.8) is 0 Å². The van der Waals surface area contributed by atoms with Crippen molar-refractivity contribution < 1.29 is 36.2 Å². The summed E-state index contributed by atoms with van der Waals surface area (Å²) in [4.78, 5) is 0. The van der Waals surface area contributed by atoms with Gasteiger partial charge in [0, 0.05) is 0 Å². The monoisotopic (exact) mass is 309 g/mol. The number of aliphatic hydroxyl groups is 1. The van der Waals surface area contributed by atoms with Crippen molar-refractivity contribution in [3.05, 3.63) is 0 Å². The predicted octanol–water partition coefficient (Wildman–Crippen LogP) is 2.25. The Morgan fingerprint density at radius 2 is 1.65 bits per heavy atom. The van der Waals surface area contributed by atoms with Crippen molar-refractivity contribution >= 4 is 0 Å². The minimum Gasteiger partial charge on any atom is -0.394 e. The second-order valence-corrected chi connectivity index (χ2v) is 4.89. The zero-order valence-corrected chi connectivity index (χ0v) is 10.8. The summed E-state index contributed by atoms with van der Waals surface area (Å²) >= 11 is 0. The molecular weight excluding hydrogens is 292 g/mol. The molecule has 1 fully saturated rings. The van der Waals surface area contributed by atoms with E-state index in [1.165, 1.54) is 0 Å². The molecular formula is C11H17F6NO2. The number of alkyl halides is 6. The predicted molar refractivity (Wildman–Crippen MR) is 58.1 cm³/mol. The highest BCUT2D eigenvalue weighted by molar-refractivity contribution is 5.01. The number of halogens is 6. The van der Waals surface area contributed by atoms with Crippen LogP contribution in [0.25, 0.3) is 0 Å². The zero-order valence-electron chi connectivity index (χ0n) is 10.8. The maximum atomic E-state index is 12.4. The largest absolute Gasteiger partial charge is 0.423 e. The molecule has 1 aliphatic carbocycles. The highest BCUT2D eigenvalue weighted by Crippen LogP contribution is 2.42. The maximum absolute atomic E-state index is 12.4. The van der Waals surface area contributed by atoms with E-state index in [1.54, 1.807) is 6.92 Å². The number of hydrogen-bond acceptors (Lipinski definition) is 3. The normalized spacial score (nSPS) is 20.2. The molecule has 0 bridgehead atoms. The molecule has 0 amide bonds. The van der Waals surface area contributed by atoms with Crippen LogP contribution < -0.4 is 5.32 Å². The van der Waals surface area contributed by atoms with Crippen molar-refractivity contribution in [2.24, 2.45) is 5.92 Å². The first-order valence-electron chi connectivity index (χ1n) is 6.17. The molecule has 120 valence electrons. The molecule has 1 rings (SSSR count). The van der Waals surface area contributed by atoms with Gasteiger partial charge in [0.25, 0.3) is 0 Å². The molecule has 0 aromatic heterocycles. The molecule has 0 aliphatic heterocycles. The number of rotatable bonds is 7. The Morgan fingerprint density at radius 3 is 1.95 bits per heavy atom. The van der Waals surface area contributed by atoms with Gasteiger partial charge in [-0.25, -0.2) is 0 Å². The lowest BCUT2D eigenvalue weighted by Crippen LogP contribution is -2.57. The van der Waals surface area contributed by atoms with Crippen LogP contribution in [0.4, 0.5) is 26.3 Å². The van der Waals surface area contributed by atoms with Crippen molar-refractivity contribution in [2.45, 2.75) is 43.8 Å². The first-order valence-corrected chi connectivity index (χ1v) is 6.17. The van der Waals surface area contributed by atoms with E-state index in [4.69, 9.17) is 0 Å². The number of hydrogen-bond donors (Lipinski definition) is 2. The molecule has 0 heterocycles. The number of ether oxygens (including phenoxy) is 1.